The van der Waals surface area contributed by atoms with Crippen molar-refractivity contribution in [1.82, 2.24) is 4.90 Å². The minimum atomic E-state index is -0.137. The minimum Gasteiger partial charge on any atom is -0.505 e. The van der Waals surface area contributed by atoms with Crippen LogP contribution < -0.4 is 5.73 Å². The maximum absolute atomic E-state index is 12.4. The van der Waals surface area contributed by atoms with E-state index in [1.807, 2.05) is 18.7 Å². The molecule has 4 heteroatoms. The fourth-order valence-electron chi connectivity index (χ4n) is 2.00. The second-order valence-corrected chi connectivity index (χ2v) is 5.24. The number of carbonyl (C=O) groups excluding carboxylic acids is 1. The van der Waals surface area contributed by atoms with Crippen molar-refractivity contribution >= 4 is 11.6 Å². The molecule has 0 atom stereocenters. The van der Waals surface area contributed by atoms with Gasteiger partial charge in [-0.05, 0) is 44.7 Å². The molecule has 0 radical (unpaired) electrons. The normalized spacial score (nSPS) is 14.8. The molecular weight excluding hydrogens is 228 g/mol. The maximum Gasteiger partial charge on any atom is 0.257 e. The van der Waals surface area contributed by atoms with Crippen LogP contribution in [0.1, 0.15) is 37.0 Å². The van der Waals surface area contributed by atoms with Crippen molar-refractivity contribution in [2.24, 2.45) is 5.92 Å². The molecule has 0 aromatic heterocycles. The van der Waals surface area contributed by atoms with Crippen LogP contribution >= 0.6 is 0 Å². The standard InChI is InChI=1S/C14H20N2O2/c1-9(2)16(8-10-6-7-10)14(18)11-4-3-5-12(15)13(11)17/h3-5,9-10,17H,6-8,15H2,1-2H3. The summed E-state index contributed by atoms with van der Waals surface area (Å²) in [7, 11) is 0. The van der Waals surface area contributed by atoms with Crippen molar-refractivity contribution in [2.75, 3.05) is 12.3 Å². The van der Waals surface area contributed by atoms with Gasteiger partial charge < -0.3 is 15.7 Å². The van der Waals surface area contributed by atoms with E-state index in [2.05, 4.69) is 0 Å². The molecule has 3 N–H and O–H groups in total. The number of phenols is 1. The van der Waals surface area contributed by atoms with E-state index < -0.39 is 0 Å². The van der Waals surface area contributed by atoms with Crippen molar-refractivity contribution in [1.29, 1.82) is 0 Å². The van der Waals surface area contributed by atoms with Gasteiger partial charge in [-0.15, -0.1) is 0 Å². The van der Waals surface area contributed by atoms with E-state index in [0.717, 1.165) is 6.54 Å². The third-order valence-electron chi connectivity index (χ3n) is 3.33. The lowest BCUT2D eigenvalue weighted by atomic mass is 10.1. The van der Waals surface area contributed by atoms with Crippen molar-refractivity contribution < 1.29 is 9.90 Å². The lowest BCUT2D eigenvalue weighted by Gasteiger charge is -2.27. The van der Waals surface area contributed by atoms with E-state index in [4.69, 9.17) is 5.73 Å². The molecule has 0 unspecified atom stereocenters. The first-order chi connectivity index (χ1) is 8.50. The van der Waals surface area contributed by atoms with Gasteiger partial charge in [0.25, 0.3) is 5.91 Å². The van der Waals surface area contributed by atoms with Crippen LogP contribution in [0.15, 0.2) is 18.2 Å². The number of para-hydroxylation sites is 1. The van der Waals surface area contributed by atoms with E-state index in [1.54, 1.807) is 18.2 Å². The van der Waals surface area contributed by atoms with Crippen molar-refractivity contribution in [2.45, 2.75) is 32.7 Å². The molecule has 18 heavy (non-hydrogen) atoms. The van der Waals surface area contributed by atoms with E-state index in [-0.39, 0.29) is 23.4 Å². The minimum absolute atomic E-state index is 0.107. The summed E-state index contributed by atoms with van der Waals surface area (Å²) in [5, 5.41) is 9.88. The molecule has 1 aliphatic rings. The molecule has 0 spiro atoms. The van der Waals surface area contributed by atoms with Gasteiger partial charge in [0, 0.05) is 12.6 Å². The molecule has 1 fully saturated rings. The fraction of sp³-hybridized carbons (Fsp3) is 0.500. The lowest BCUT2D eigenvalue weighted by Crippen LogP contribution is -2.38. The largest absolute Gasteiger partial charge is 0.505 e. The van der Waals surface area contributed by atoms with E-state index >= 15 is 0 Å². The lowest BCUT2D eigenvalue weighted by molar-refractivity contribution is 0.0693. The van der Waals surface area contributed by atoms with E-state index in [9.17, 15) is 9.90 Å². The first-order valence-corrected chi connectivity index (χ1v) is 6.39. The SMILES string of the molecule is CC(C)N(CC1CC1)C(=O)c1cccc(N)c1O. The average molecular weight is 248 g/mol. The molecule has 0 saturated heterocycles. The molecule has 2 rings (SSSR count). The second kappa shape index (κ2) is 4.88. The van der Waals surface area contributed by atoms with Crippen LogP contribution in [0.25, 0.3) is 0 Å². The Morgan fingerprint density at radius 3 is 2.72 bits per heavy atom. The third kappa shape index (κ3) is 2.58. The number of nitrogen functional groups attached to an aromatic ring is 1. The summed E-state index contributed by atoms with van der Waals surface area (Å²) in [5.74, 6) is 0.380. The number of nitrogens with two attached hydrogens (primary N) is 1. The van der Waals surface area contributed by atoms with Gasteiger partial charge in [-0.2, -0.15) is 0 Å². The van der Waals surface area contributed by atoms with Gasteiger partial charge in [0.05, 0.1) is 11.3 Å². The topological polar surface area (TPSA) is 66.6 Å². The number of hydrogen-bond donors (Lipinski definition) is 2. The van der Waals surface area contributed by atoms with Crippen LogP contribution in [0.5, 0.6) is 5.75 Å². The summed E-state index contributed by atoms with van der Waals surface area (Å²) < 4.78 is 0. The molecule has 1 amide bonds. The highest BCUT2D eigenvalue weighted by Crippen LogP contribution is 2.32. The Bertz CT molecular complexity index is 453. The molecule has 0 bridgehead atoms. The zero-order chi connectivity index (χ0) is 13.3. The van der Waals surface area contributed by atoms with Gasteiger partial charge in [-0.3, -0.25) is 4.79 Å². The smallest absolute Gasteiger partial charge is 0.257 e. The number of anilines is 1. The maximum atomic E-state index is 12.4. The number of amides is 1. The van der Waals surface area contributed by atoms with Gasteiger partial charge in [-0.25, -0.2) is 0 Å². The molecule has 0 aliphatic heterocycles. The summed E-state index contributed by atoms with van der Waals surface area (Å²) in [5.41, 5.74) is 6.17. The van der Waals surface area contributed by atoms with Crippen LogP contribution in [0.3, 0.4) is 0 Å². The number of phenolic OH excluding ortho intramolecular Hbond substituents is 1. The quantitative estimate of drug-likeness (QED) is 0.634. The van der Waals surface area contributed by atoms with Crippen LogP contribution in [0.4, 0.5) is 5.69 Å². The predicted octanol–water partition coefficient (Wildman–Crippen LogP) is 2.23. The highest BCUT2D eigenvalue weighted by Gasteiger charge is 2.29. The molecule has 98 valence electrons. The highest BCUT2D eigenvalue weighted by molar-refractivity contribution is 5.98. The van der Waals surface area contributed by atoms with Crippen LogP contribution in [-0.4, -0.2) is 28.5 Å². The van der Waals surface area contributed by atoms with Crippen molar-refractivity contribution in [3.63, 3.8) is 0 Å². The summed E-state index contributed by atoms with van der Waals surface area (Å²) in [6, 6.07) is 5.03. The third-order valence-corrected chi connectivity index (χ3v) is 3.33. The molecule has 4 nitrogen and oxygen atoms in total. The first kappa shape index (κ1) is 12.7. The van der Waals surface area contributed by atoms with Gasteiger partial charge in [0.1, 0.15) is 0 Å². The van der Waals surface area contributed by atoms with Crippen molar-refractivity contribution in [3.05, 3.63) is 23.8 Å². The second-order valence-electron chi connectivity index (χ2n) is 5.24. The molecular formula is C14H20N2O2. The van der Waals surface area contributed by atoms with E-state index in [1.165, 1.54) is 12.8 Å². The number of carbonyl (C=O) groups is 1. The summed E-state index contributed by atoms with van der Waals surface area (Å²) in [6.45, 7) is 4.75. The Balaban J connectivity index is 2.23. The van der Waals surface area contributed by atoms with Gasteiger partial charge >= 0.3 is 0 Å². The Labute approximate surface area is 107 Å². The molecule has 1 saturated carbocycles. The van der Waals surface area contributed by atoms with Crippen LogP contribution in [-0.2, 0) is 0 Å². The van der Waals surface area contributed by atoms with Gasteiger partial charge in [0.2, 0.25) is 0 Å². The predicted molar refractivity (Wildman–Crippen MR) is 71.4 cm³/mol. The monoisotopic (exact) mass is 248 g/mol. The molecule has 1 aromatic carbocycles. The Morgan fingerprint density at radius 1 is 1.50 bits per heavy atom. The fourth-order valence-corrected chi connectivity index (χ4v) is 2.00. The first-order valence-electron chi connectivity index (χ1n) is 6.39. The number of benzene rings is 1. The number of rotatable bonds is 4. The zero-order valence-corrected chi connectivity index (χ0v) is 10.9. The summed E-state index contributed by atoms with van der Waals surface area (Å²) in [4.78, 5) is 14.2. The van der Waals surface area contributed by atoms with Crippen molar-refractivity contribution in [3.8, 4) is 5.75 Å². The summed E-state index contributed by atoms with van der Waals surface area (Å²) in [6.07, 6.45) is 2.39. The van der Waals surface area contributed by atoms with Crippen LogP contribution in [0, 0.1) is 5.92 Å². The Morgan fingerprint density at radius 2 is 2.17 bits per heavy atom. The van der Waals surface area contributed by atoms with E-state index in [0.29, 0.717) is 11.5 Å². The Kier molecular flexibility index (Phi) is 3.45. The Hall–Kier alpha value is -1.71. The number of aromatic hydroxyl groups is 1. The van der Waals surface area contributed by atoms with Crippen LogP contribution in [0.2, 0.25) is 0 Å². The molecule has 1 aliphatic carbocycles. The summed E-state index contributed by atoms with van der Waals surface area (Å²) >= 11 is 0. The zero-order valence-electron chi connectivity index (χ0n) is 10.9. The molecule has 0 heterocycles. The van der Waals surface area contributed by atoms with Gasteiger partial charge in [-0.1, -0.05) is 6.07 Å². The average Bonchev–Trinajstić information content (AvgIpc) is 3.12. The highest BCUT2D eigenvalue weighted by atomic mass is 16.3. The molecule has 1 aromatic rings. The number of nitrogens with zero attached hydrogens (tertiary/aromatic N) is 1. The number of hydrogen-bond acceptors (Lipinski definition) is 3. The van der Waals surface area contributed by atoms with Gasteiger partial charge in [0.15, 0.2) is 5.75 Å².